The number of carbonyl (C=O) groups is 1. The Labute approximate surface area is 124 Å². The number of hydrogen-bond donors (Lipinski definition) is 2. The third-order valence-corrected chi connectivity index (χ3v) is 5.60. The summed E-state index contributed by atoms with van der Waals surface area (Å²) in [7, 11) is 0. The Bertz CT molecular complexity index is 580. The van der Waals surface area contributed by atoms with Gasteiger partial charge in [-0.1, -0.05) is 6.07 Å². The molecule has 21 heavy (non-hydrogen) atoms. The molecule has 0 bridgehead atoms. The van der Waals surface area contributed by atoms with E-state index in [1.807, 2.05) is 6.07 Å². The lowest BCUT2D eigenvalue weighted by molar-refractivity contribution is -0.124. The highest BCUT2D eigenvalue weighted by molar-refractivity contribution is 5.83. The molecule has 3 nitrogen and oxygen atoms in total. The molecular formula is C17H21FN2O. The first-order valence-electron chi connectivity index (χ1n) is 7.97. The number of nitrogens with one attached hydrogen (secondary N) is 2. The highest BCUT2D eigenvalue weighted by Gasteiger charge is 2.57. The second-order valence-electron chi connectivity index (χ2n) is 6.81. The monoisotopic (exact) mass is 288 g/mol. The summed E-state index contributed by atoms with van der Waals surface area (Å²) in [5.74, 6) is 0.222. The van der Waals surface area contributed by atoms with Gasteiger partial charge in [-0.25, -0.2) is 4.39 Å². The first-order chi connectivity index (χ1) is 10.2. The van der Waals surface area contributed by atoms with Gasteiger partial charge in [0.25, 0.3) is 0 Å². The second kappa shape index (κ2) is 4.80. The van der Waals surface area contributed by atoms with E-state index in [1.165, 1.54) is 6.07 Å². The molecule has 2 fully saturated rings. The molecule has 3 aliphatic rings. The van der Waals surface area contributed by atoms with Crippen LogP contribution in [0.3, 0.4) is 0 Å². The van der Waals surface area contributed by atoms with E-state index < -0.39 is 0 Å². The van der Waals surface area contributed by atoms with E-state index in [0.717, 1.165) is 56.3 Å². The van der Waals surface area contributed by atoms with E-state index in [9.17, 15) is 9.18 Å². The number of carbonyl (C=O) groups excluding carboxylic acids is 1. The van der Waals surface area contributed by atoms with Gasteiger partial charge >= 0.3 is 0 Å². The number of benzene rings is 1. The van der Waals surface area contributed by atoms with E-state index in [4.69, 9.17) is 0 Å². The molecule has 2 unspecified atom stereocenters. The topological polar surface area (TPSA) is 41.1 Å². The summed E-state index contributed by atoms with van der Waals surface area (Å²) in [6, 6.07) is 5.00. The lowest BCUT2D eigenvalue weighted by Gasteiger charge is -2.23. The number of aryl methyl sites for hydroxylation is 1. The Morgan fingerprint density at radius 1 is 1.33 bits per heavy atom. The molecule has 4 heteroatoms. The van der Waals surface area contributed by atoms with Crippen molar-refractivity contribution in [2.24, 2.45) is 11.3 Å². The van der Waals surface area contributed by atoms with Crippen LogP contribution in [0, 0.1) is 17.2 Å². The number of halogens is 1. The Hall–Kier alpha value is -1.42. The van der Waals surface area contributed by atoms with Gasteiger partial charge in [-0.15, -0.1) is 0 Å². The maximum atomic E-state index is 13.2. The van der Waals surface area contributed by atoms with Crippen LogP contribution < -0.4 is 10.6 Å². The van der Waals surface area contributed by atoms with Crippen LogP contribution in [0.2, 0.25) is 0 Å². The molecular weight excluding hydrogens is 267 g/mol. The fourth-order valence-electron chi connectivity index (χ4n) is 4.20. The van der Waals surface area contributed by atoms with E-state index in [2.05, 4.69) is 10.6 Å². The first kappa shape index (κ1) is 13.3. The average Bonchev–Trinajstić information content (AvgIpc) is 3.03. The lowest BCUT2D eigenvalue weighted by Crippen LogP contribution is -2.34. The lowest BCUT2D eigenvalue weighted by atomic mass is 9.91. The zero-order valence-electron chi connectivity index (χ0n) is 12.1. The standard InChI is InChI=1S/C17H21FN2O/c18-12-2-3-13-11(9-12)1-4-15(13)20-16(21)14-10-17(14)5-7-19-8-6-17/h2-3,9,14-15,19H,1,4-8,10H2,(H,20,21). The molecule has 1 aromatic rings. The molecule has 4 rings (SSSR count). The van der Waals surface area contributed by atoms with Crippen molar-refractivity contribution < 1.29 is 9.18 Å². The van der Waals surface area contributed by atoms with Crippen LogP contribution in [0.5, 0.6) is 0 Å². The Morgan fingerprint density at radius 3 is 2.95 bits per heavy atom. The van der Waals surface area contributed by atoms with Gasteiger partial charge in [0, 0.05) is 5.92 Å². The van der Waals surface area contributed by atoms with E-state index in [1.54, 1.807) is 6.07 Å². The molecule has 1 heterocycles. The summed E-state index contributed by atoms with van der Waals surface area (Å²) in [6.07, 6.45) is 5.04. The smallest absolute Gasteiger partial charge is 0.224 e. The molecule has 112 valence electrons. The number of fused-ring (bicyclic) bond motifs is 1. The minimum absolute atomic E-state index is 0.0764. The molecule has 1 aliphatic heterocycles. The van der Waals surface area contributed by atoms with Gasteiger partial charge < -0.3 is 10.6 Å². The molecule has 1 spiro atoms. The highest BCUT2D eigenvalue weighted by Crippen LogP contribution is 2.58. The molecule has 1 saturated heterocycles. The van der Waals surface area contributed by atoms with Gasteiger partial charge in [0.15, 0.2) is 0 Å². The molecule has 0 radical (unpaired) electrons. The van der Waals surface area contributed by atoms with Gasteiger partial charge in [0.05, 0.1) is 6.04 Å². The fourth-order valence-corrected chi connectivity index (χ4v) is 4.20. The van der Waals surface area contributed by atoms with Crippen molar-refractivity contribution in [3.8, 4) is 0 Å². The predicted octanol–water partition coefficient (Wildman–Crippen LogP) is 2.32. The van der Waals surface area contributed by atoms with Crippen molar-refractivity contribution in [2.75, 3.05) is 13.1 Å². The average molecular weight is 288 g/mol. The maximum absolute atomic E-state index is 13.2. The van der Waals surface area contributed by atoms with Crippen LogP contribution in [0.15, 0.2) is 18.2 Å². The largest absolute Gasteiger partial charge is 0.349 e. The minimum Gasteiger partial charge on any atom is -0.349 e. The SMILES string of the molecule is O=C(NC1CCc2cc(F)ccc21)C1CC12CCNCC2. The molecule has 2 atom stereocenters. The number of piperidine rings is 1. The second-order valence-corrected chi connectivity index (χ2v) is 6.81. The normalized spacial score (nSPS) is 29.2. The van der Waals surface area contributed by atoms with Crippen LogP contribution in [0.1, 0.15) is 42.9 Å². The van der Waals surface area contributed by atoms with Crippen molar-refractivity contribution in [3.05, 3.63) is 35.1 Å². The van der Waals surface area contributed by atoms with Gasteiger partial charge in [0.1, 0.15) is 5.82 Å². The van der Waals surface area contributed by atoms with Crippen LogP contribution in [0.25, 0.3) is 0 Å². The van der Waals surface area contributed by atoms with E-state index in [0.29, 0.717) is 0 Å². The Kier molecular flexibility index (Phi) is 3.03. The summed E-state index contributed by atoms with van der Waals surface area (Å²) >= 11 is 0. The van der Waals surface area contributed by atoms with Crippen LogP contribution >= 0.6 is 0 Å². The van der Waals surface area contributed by atoms with Crippen molar-refractivity contribution in [1.82, 2.24) is 10.6 Å². The molecule has 1 aromatic carbocycles. The highest BCUT2D eigenvalue weighted by atomic mass is 19.1. The summed E-state index contributed by atoms with van der Waals surface area (Å²) in [5.41, 5.74) is 2.43. The maximum Gasteiger partial charge on any atom is 0.224 e. The van der Waals surface area contributed by atoms with Gasteiger partial charge in [-0.3, -0.25) is 4.79 Å². The van der Waals surface area contributed by atoms with Crippen molar-refractivity contribution in [2.45, 2.75) is 38.1 Å². The quantitative estimate of drug-likeness (QED) is 0.877. The summed E-state index contributed by atoms with van der Waals surface area (Å²) in [4.78, 5) is 12.5. The van der Waals surface area contributed by atoms with Gasteiger partial charge in [-0.05, 0) is 73.9 Å². The van der Waals surface area contributed by atoms with Crippen molar-refractivity contribution in [1.29, 1.82) is 0 Å². The fraction of sp³-hybridized carbons (Fsp3) is 0.588. The Balaban J connectivity index is 1.43. The molecule has 1 saturated carbocycles. The summed E-state index contributed by atoms with van der Waals surface area (Å²) < 4.78 is 13.2. The predicted molar refractivity (Wildman–Crippen MR) is 78.2 cm³/mol. The summed E-state index contributed by atoms with van der Waals surface area (Å²) in [6.45, 7) is 2.07. The van der Waals surface area contributed by atoms with E-state index in [-0.39, 0.29) is 29.1 Å². The molecule has 1 amide bonds. The van der Waals surface area contributed by atoms with Gasteiger partial charge in [0.2, 0.25) is 5.91 Å². The first-order valence-corrected chi connectivity index (χ1v) is 7.97. The Morgan fingerprint density at radius 2 is 2.14 bits per heavy atom. The minimum atomic E-state index is -0.184. The van der Waals surface area contributed by atoms with Crippen molar-refractivity contribution in [3.63, 3.8) is 0 Å². The van der Waals surface area contributed by atoms with Crippen LogP contribution in [-0.2, 0) is 11.2 Å². The number of amides is 1. The number of hydrogen-bond acceptors (Lipinski definition) is 2. The van der Waals surface area contributed by atoms with E-state index >= 15 is 0 Å². The molecule has 2 aliphatic carbocycles. The third kappa shape index (κ3) is 2.26. The molecule has 2 N–H and O–H groups in total. The summed E-state index contributed by atoms with van der Waals surface area (Å²) in [5, 5.41) is 6.57. The van der Waals surface area contributed by atoms with Gasteiger partial charge in [-0.2, -0.15) is 0 Å². The zero-order valence-corrected chi connectivity index (χ0v) is 12.1. The zero-order chi connectivity index (χ0) is 14.4. The molecule has 0 aromatic heterocycles. The van der Waals surface area contributed by atoms with Crippen LogP contribution in [0.4, 0.5) is 4.39 Å². The van der Waals surface area contributed by atoms with Crippen molar-refractivity contribution >= 4 is 5.91 Å². The van der Waals surface area contributed by atoms with Crippen LogP contribution in [-0.4, -0.2) is 19.0 Å². The number of rotatable bonds is 2. The third-order valence-electron chi connectivity index (χ3n) is 5.60.